The van der Waals surface area contributed by atoms with Crippen LogP contribution in [-0.2, 0) is 54.5 Å². The van der Waals surface area contributed by atoms with Gasteiger partial charge in [-0.1, -0.05) is 41.5 Å². The number of hydrogen-bond acceptors (Lipinski definition) is 12. The maximum absolute atomic E-state index is 9.89. The fourth-order valence-corrected chi connectivity index (χ4v) is 3.58. The summed E-state index contributed by atoms with van der Waals surface area (Å²) in [5.74, 6) is 0. The van der Waals surface area contributed by atoms with Crippen molar-refractivity contribution < 1.29 is 83.9 Å². The summed E-state index contributed by atoms with van der Waals surface area (Å²) in [6, 6.07) is 0. The van der Waals surface area contributed by atoms with Gasteiger partial charge in [0.25, 0.3) is 0 Å². The van der Waals surface area contributed by atoms with E-state index >= 15 is 0 Å². The van der Waals surface area contributed by atoms with Crippen LogP contribution in [0.1, 0.15) is 101 Å². The predicted molar refractivity (Wildman–Crippen MR) is 180 cm³/mol. The Morgan fingerprint density at radius 1 is 0.413 bits per heavy atom. The highest BCUT2D eigenvalue weighted by Gasteiger charge is 2.17. The summed E-state index contributed by atoms with van der Waals surface area (Å²) >= 11 is 0. The maximum Gasteiger partial charge on any atom is 0.694 e. The van der Waals surface area contributed by atoms with Crippen molar-refractivity contribution in [3.63, 3.8) is 0 Å². The molecule has 0 rings (SSSR count). The molecule has 25 heteroatoms. The third kappa shape index (κ3) is 90.6. The highest BCUT2D eigenvalue weighted by atomic mass is 31.1. The summed E-state index contributed by atoms with van der Waals surface area (Å²) in [4.78, 5) is 48.3. The van der Waals surface area contributed by atoms with Gasteiger partial charge in [0.1, 0.15) is 38.1 Å². The van der Waals surface area contributed by atoms with Crippen molar-refractivity contribution in [1.29, 1.82) is 0 Å². The zero-order valence-electron chi connectivity index (χ0n) is 27.4. The van der Waals surface area contributed by atoms with Crippen molar-refractivity contribution in [2.45, 2.75) is 119 Å². The molecule has 9 atom stereocenters. The van der Waals surface area contributed by atoms with Crippen LogP contribution >= 0.6 is 49.5 Å². The fourth-order valence-electron chi connectivity index (χ4n) is 1.19. The average molecular weight is 810 g/mol. The first-order valence-electron chi connectivity index (χ1n) is 13.7. The van der Waals surface area contributed by atoms with Gasteiger partial charge in [0.05, 0.1) is 0 Å². The van der Waals surface area contributed by atoms with Crippen LogP contribution < -0.4 is 0 Å². The molecular weight excluding hydrogens is 753 g/mol. The third-order valence-corrected chi connectivity index (χ3v) is 6.58. The largest absolute Gasteiger partial charge is 0.694 e. The van der Waals surface area contributed by atoms with E-state index in [4.69, 9.17) is 29.4 Å². The van der Waals surface area contributed by atoms with Gasteiger partial charge in [-0.3, -0.25) is 0 Å². The van der Waals surface area contributed by atoms with E-state index in [2.05, 4.69) is 27.1 Å². The van der Waals surface area contributed by atoms with Crippen LogP contribution in [0.4, 0.5) is 0 Å². The second kappa shape index (κ2) is 50.0. The summed E-state index contributed by atoms with van der Waals surface area (Å²) in [7, 11) is -14.3. The van der Waals surface area contributed by atoms with Gasteiger partial charge >= 0.3 is 49.5 Å². The average Bonchev–Trinajstić information content (AvgIpc) is 2.94. The third-order valence-electron chi connectivity index (χ3n) is 3.75. The SMILES string of the molecule is CCC(C)O[P+](=O)O.CCC(C)O[P+](=O)O.CCC(C)O[P+](=O)O.CCCO[P+](=O)O.CCCO[P+](=O)O.CCCO[P+](=O)O.[AlH3]. The normalized spacial score (nSPS) is 13.4. The molecule has 0 fully saturated rings. The fraction of sp³-hybridized carbons (Fsp3) is 1.00. The Balaban J connectivity index is -0.0000000791. The van der Waals surface area contributed by atoms with Crippen LogP contribution in [0, 0.1) is 0 Å². The van der Waals surface area contributed by atoms with Gasteiger partial charge in [-0.25, -0.2) is 0 Å². The molecule has 9 unspecified atom stereocenters. The molecule has 0 saturated heterocycles. The van der Waals surface area contributed by atoms with E-state index in [-0.39, 0.29) is 35.7 Å². The molecule has 0 aromatic heterocycles. The smallest absolute Gasteiger partial charge is 0.133 e. The van der Waals surface area contributed by atoms with Gasteiger partial charge < -0.3 is 0 Å². The molecule has 46 heavy (non-hydrogen) atoms. The topological polar surface area (TPSA) is 279 Å². The molecular formula is C21H57AlO18P6+6. The maximum atomic E-state index is 9.89. The van der Waals surface area contributed by atoms with Crippen LogP contribution in [0.2, 0.25) is 0 Å². The Bertz CT molecular complexity index is 661. The second-order valence-electron chi connectivity index (χ2n) is 7.90. The van der Waals surface area contributed by atoms with Crippen molar-refractivity contribution in [3.05, 3.63) is 0 Å². The Morgan fingerprint density at radius 3 is 0.630 bits per heavy atom. The number of hydrogen-bond donors (Lipinski definition) is 6. The lowest BCUT2D eigenvalue weighted by molar-refractivity contribution is 0.201. The van der Waals surface area contributed by atoms with E-state index in [9.17, 15) is 27.4 Å². The Hall–Kier alpha value is 0.652. The highest BCUT2D eigenvalue weighted by Crippen LogP contribution is 2.20. The molecule has 0 aromatic rings. The van der Waals surface area contributed by atoms with Crippen molar-refractivity contribution in [1.82, 2.24) is 0 Å². The van der Waals surface area contributed by atoms with Gasteiger partial charge in [0, 0.05) is 27.4 Å². The quantitative estimate of drug-likeness (QED) is 0.0649. The molecule has 18 nitrogen and oxygen atoms in total. The van der Waals surface area contributed by atoms with Crippen molar-refractivity contribution >= 4 is 66.9 Å². The predicted octanol–water partition coefficient (Wildman–Crippen LogP) is 6.36. The molecule has 6 N–H and O–H groups in total. The first-order chi connectivity index (χ1) is 20.8. The first-order valence-corrected chi connectivity index (χ1v) is 20.4. The molecule has 0 heterocycles. The molecule has 276 valence electrons. The van der Waals surface area contributed by atoms with E-state index in [0.29, 0.717) is 19.8 Å². The highest BCUT2D eigenvalue weighted by molar-refractivity contribution is 7.33. The summed E-state index contributed by atoms with van der Waals surface area (Å²) in [5, 5.41) is 0. The second-order valence-corrected chi connectivity index (χ2v) is 12.2. The monoisotopic (exact) mass is 810 g/mol. The molecule has 0 bridgehead atoms. The van der Waals surface area contributed by atoms with Crippen LogP contribution in [0.15, 0.2) is 0 Å². The van der Waals surface area contributed by atoms with E-state index < -0.39 is 49.5 Å². The lowest BCUT2D eigenvalue weighted by atomic mass is 10.3. The standard InChI is InChI=1S/3C4H9O3P.3C3H7O3P.Al.3H/c3*1-3-4(2)7-8(5)6;3*1-2-3-6-7(4)5;;;;/h3*4H,3H2,1-2H3;3*2-3H2,1H3;;;;/p+6. The van der Waals surface area contributed by atoms with Gasteiger partial charge in [-0.15, -0.1) is 56.5 Å². The molecule has 0 aliphatic rings. The van der Waals surface area contributed by atoms with E-state index in [1.54, 1.807) is 20.8 Å². The summed E-state index contributed by atoms with van der Waals surface area (Å²) in [5.41, 5.74) is 0. The zero-order valence-corrected chi connectivity index (χ0v) is 32.7. The molecule has 0 saturated carbocycles. The van der Waals surface area contributed by atoms with Crippen LogP contribution in [0.5, 0.6) is 0 Å². The molecule has 0 spiro atoms. The van der Waals surface area contributed by atoms with Crippen LogP contribution in [-0.4, -0.2) is 84.9 Å². The van der Waals surface area contributed by atoms with Gasteiger partial charge in [0.2, 0.25) is 0 Å². The van der Waals surface area contributed by atoms with Crippen molar-refractivity contribution in [2.75, 3.05) is 19.8 Å². The van der Waals surface area contributed by atoms with Crippen LogP contribution in [0.25, 0.3) is 0 Å². The minimum Gasteiger partial charge on any atom is -0.133 e. The molecule has 0 amide bonds. The summed E-state index contributed by atoms with van der Waals surface area (Å²) < 4.78 is 84.9. The minimum absolute atomic E-state index is 0. The zero-order chi connectivity index (χ0) is 36.8. The van der Waals surface area contributed by atoms with Gasteiger partial charge in [-0.05, 0) is 59.3 Å². The molecule has 0 aromatic carbocycles. The van der Waals surface area contributed by atoms with E-state index in [1.165, 1.54) is 0 Å². The Kier molecular flexibility index (Phi) is 67.3. The van der Waals surface area contributed by atoms with Crippen molar-refractivity contribution in [2.24, 2.45) is 0 Å². The van der Waals surface area contributed by atoms with E-state index in [0.717, 1.165) is 38.5 Å². The van der Waals surface area contributed by atoms with Crippen molar-refractivity contribution in [3.8, 4) is 0 Å². The summed E-state index contributed by atoms with van der Waals surface area (Å²) in [6.45, 7) is 17.7. The first kappa shape index (κ1) is 61.8. The summed E-state index contributed by atoms with van der Waals surface area (Å²) in [6.07, 6.45) is 4.31. The Morgan fingerprint density at radius 2 is 0.587 bits per heavy atom. The lowest BCUT2D eigenvalue weighted by Crippen LogP contribution is -1.98. The molecule has 0 radical (unpaired) electrons. The van der Waals surface area contributed by atoms with E-state index in [1.807, 2.05) is 41.5 Å². The molecule has 0 aliphatic carbocycles. The van der Waals surface area contributed by atoms with Gasteiger partial charge in [-0.2, -0.15) is 0 Å². The van der Waals surface area contributed by atoms with Gasteiger partial charge in [0.15, 0.2) is 17.4 Å². The Labute approximate surface area is 289 Å². The lowest BCUT2D eigenvalue weighted by Gasteiger charge is -1.93. The number of rotatable bonds is 18. The minimum atomic E-state index is -2.40. The van der Waals surface area contributed by atoms with Crippen LogP contribution in [0.3, 0.4) is 0 Å². The molecule has 0 aliphatic heterocycles.